The van der Waals surface area contributed by atoms with E-state index in [9.17, 15) is 13.2 Å². The number of nitrogens with zero attached hydrogens (tertiary/aromatic N) is 2. The van der Waals surface area contributed by atoms with Gasteiger partial charge in [0, 0.05) is 42.3 Å². The minimum absolute atomic E-state index is 0.00872. The van der Waals surface area contributed by atoms with E-state index in [1.807, 2.05) is 18.3 Å². The number of ether oxygens (including phenoxy) is 1. The summed E-state index contributed by atoms with van der Waals surface area (Å²) in [5, 5.41) is 3.34. The minimum Gasteiger partial charge on any atom is -0.375 e. The average molecular weight is 434 g/mol. The molecule has 1 aliphatic heterocycles. The second kappa shape index (κ2) is 8.87. The molecule has 2 fully saturated rings. The Balaban J connectivity index is 1.44. The SMILES string of the molecule is Cc1ncc(CNCCC2(c3ccccn3)CCOC3(CCCC3)C2)cc1C(F)(F)F. The number of hydrogen-bond acceptors (Lipinski definition) is 4. The highest BCUT2D eigenvalue weighted by Crippen LogP contribution is 2.49. The highest BCUT2D eigenvalue weighted by atomic mass is 19.4. The van der Waals surface area contributed by atoms with Crippen molar-refractivity contribution in [1.82, 2.24) is 15.3 Å². The van der Waals surface area contributed by atoms with Crippen LogP contribution in [0.25, 0.3) is 0 Å². The average Bonchev–Trinajstić information content (AvgIpc) is 3.19. The van der Waals surface area contributed by atoms with Crippen LogP contribution in [-0.2, 0) is 22.9 Å². The van der Waals surface area contributed by atoms with Crippen molar-refractivity contribution >= 4 is 0 Å². The van der Waals surface area contributed by atoms with E-state index in [4.69, 9.17) is 9.72 Å². The molecule has 1 aliphatic carbocycles. The van der Waals surface area contributed by atoms with Crippen LogP contribution in [0.2, 0.25) is 0 Å². The van der Waals surface area contributed by atoms with E-state index >= 15 is 0 Å². The molecule has 0 bridgehead atoms. The van der Waals surface area contributed by atoms with Gasteiger partial charge in [0.2, 0.25) is 0 Å². The maximum absolute atomic E-state index is 13.2. The summed E-state index contributed by atoms with van der Waals surface area (Å²) in [6.07, 6.45) is 6.35. The molecule has 31 heavy (non-hydrogen) atoms. The van der Waals surface area contributed by atoms with Crippen LogP contribution in [0.5, 0.6) is 0 Å². The van der Waals surface area contributed by atoms with Gasteiger partial charge in [-0.15, -0.1) is 0 Å². The van der Waals surface area contributed by atoms with E-state index in [1.165, 1.54) is 32.0 Å². The Morgan fingerprint density at radius 1 is 1.13 bits per heavy atom. The third-order valence-electron chi connectivity index (χ3n) is 6.93. The van der Waals surface area contributed by atoms with E-state index < -0.39 is 11.7 Å². The van der Waals surface area contributed by atoms with Crippen LogP contribution in [0.3, 0.4) is 0 Å². The summed E-state index contributed by atoms with van der Waals surface area (Å²) < 4.78 is 45.8. The Labute approximate surface area is 181 Å². The molecule has 2 aromatic rings. The molecule has 1 saturated carbocycles. The fourth-order valence-electron chi connectivity index (χ4n) is 5.32. The quantitative estimate of drug-likeness (QED) is 0.625. The number of aryl methyl sites for hydroxylation is 1. The van der Waals surface area contributed by atoms with Crippen LogP contribution >= 0.6 is 0 Å². The lowest BCUT2D eigenvalue weighted by Crippen LogP contribution is -2.47. The molecule has 3 heterocycles. The molecule has 1 unspecified atom stereocenters. The summed E-state index contributed by atoms with van der Waals surface area (Å²) in [4.78, 5) is 8.63. The van der Waals surface area contributed by atoms with Crippen molar-refractivity contribution in [3.05, 3.63) is 59.2 Å². The first-order valence-electron chi connectivity index (χ1n) is 11.1. The normalized spacial score (nSPS) is 23.4. The first kappa shape index (κ1) is 22.2. The molecule has 168 valence electrons. The van der Waals surface area contributed by atoms with Gasteiger partial charge in [-0.3, -0.25) is 9.97 Å². The van der Waals surface area contributed by atoms with Gasteiger partial charge in [-0.25, -0.2) is 0 Å². The van der Waals surface area contributed by atoms with Crippen molar-refractivity contribution in [1.29, 1.82) is 0 Å². The Morgan fingerprint density at radius 3 is 2.65 bits per heavy atom. The maximum atomic E-state index is 13.2. The van der Waals surface area contributed by atoms with Crippen LogP contribution in [-0.4, -0.2) is 28.7 Å². The molecule has 0 amide bonds. The molecule has 2 aliphatic rings. The molecule has 0 aromatic carbocycles. The molecular formula is C24H30F3N3O. The summed E-state index contributed by atoms with van der Waals surface area (Å²) in [6, 6.07) is 7.27. The maximum Gasteiger partial charge on any atom is 0.418 e. The van der Waals surface area contributed by atoms with Gasteiger partial charge < -0.3 is 10.1 Å². The second-order valence-electron chi connectivity index (χ2n) is 9.06. The van der Waals surface area contributed by atoms with Gasteiger partial charge in [-0.2, -0.15) is 13.2 Å². The van der Waals surface area contributed by atoms with Crippen LogP contribution < -0.4 is 5.32 Å². The third kappa shape index (κ3) is 4.93. The Morgan fingerprint density at radius 2 is 1.94 bits per heavy atom. The van der Waals surface area contributed by atoms with Crippen LogP contribution in [0.4, 0.5) is 13.2 Å². The van der Waals surface area contributed by atoms with E-state index in [0.29, 0.717) is 18.7 Å². The van der Waals surface area contributed by atoms with Crippen LogP contribution in [0, 0.1) is 6.92 Å². The lowest BCUT2D eigenvalue weighted by atomic mass is 9.68. The van der Waals surface area contributed by atoms with Crippen molar-refractivity contribution in [3.8, 4) is 0 Å². The summed E-state index contributed by atoms with van der Waals surface area (Å²) in [7, 11) is 0. The van der Waals surface area contributed by atoms with Crippen molar-refractivity contribution in [3.63, 3.8) is 0 Å². The number of hydrogen-bond donors (Lipinski definition) is 1. The molecule has 1 spiro atoms. The summed E-state index contributed by atoms with van der Waals surface area (Å²) in [6.45, 7) is 3.17. The summed E-state index contributed by atoms with van der Waals surface area (Å²) >= 11 is 0. The monoisotopic (exact) mass is 433 g/mol. The molecule has 1 atom stereocenters. The zero-order valence-corrected chi connectivity index (χ0v) is 18.0. The van der Waals surface area contributed by atoms with E-state index in [-0.39, 0.29) is 16.7 Å². The van der Waals surface area contributed by atoms with E-state index in [0.717, 1.165) is 44.4 Å². The van der Waals surface area contributed by atoms with Gasteiger partial charge in [0.25, 0.3) is 0 Å². The standard InChI is InChI=1S/C24H30F3N3O/c1-18-20(24(25,26)27)14-19(16-30-18)15-28-12-9-22(21-6-2-5-11-29-21)10-13-31-23(17-22)7-3-4-8-23/h2,5-6,11,14,16,28H,3-4,7-10,12-13,15,17H2,1H3. The number of pyridine rings is 2. The molecule has 4 nitrogen and oxygen atoms in total. The predicted molar refractivity (Wildman–Crippen MR) is 113 cm³/mol. The molecule has 7 heteroatoms. The molecular weight excluding hydrogens is 403 g/mol. The predicted octanol–water partition coefficient (Wildman–Crippen LogP) is 5.34. The number of aromatic nitrogens is 2. The second-order valence-corrected chi connectivity index (χ2v) is 9.06. The highest BCUT2D eigenvalue weighted by molar-refractivity contribution is 5.27. The fraction of sp³-hybridized carbons (Fsp3) is 0.583. The molecule has 2 aromatic heterocycles. The molecule has 0 radical (unpaired) electrons. The fourth-order valence-corrected chi connectivity index (χ4v) is 5.32. The number of halogens is 3. The number of nitrogens with one attached hydrogen (secondary N) is 1. The smallest absolute Gasteiger partial charge is 0.375 e. The van der Waals surface area contributed by atoms with Crippen molar-refractivity contribution in [2.45, 2.75) is 75.6 Å². The zero-order chi connectivity index (χ0) is 22.0. The van der Waals surface area contributed by atoms with Gasteiger partial charge in [-0.1, -0.05) is 18.9 Å². The topological polar surface area (TPSA) is 47.0 Å². The van der Waals surface area contributed by atoms with Crippen LogP contribution in [0.1, 0.15) is 67.5 Å². The third-order valence-corrected chi connectivity index (χ3v) is 6.93. The largest absolute Gasteiger partial charge is 0.418 e. The molecule has 1 N–H and O–H groups in total. The summed E-state index contributed by atoms with van der Waals surface area (Å²) in [5.41, 5.74) is 0.878. The van der Waals surface area contributed by atoms with Gasteiger partial charge in [0.1, 0.15) is 0 Å². The van der Waals surface area contributed by atoms with Gasteiger partial charge >= 0.3 is 6.18 Å². The zero-order valence-electron chi connectivity index (χ0n) is 18.0. The van der Waals surface area contributed by atoms with Gasteiger partial charge in [0.15, 0.2) is 0 Å². The Kier molecular flexibility index (Phi) is 6.35. The highest BCUT2D eigenvalue weighted by Gasteiger charge is 2.48. The van der Waals surface area contributed by atoms with Gasteiger partial charge in [0.05, 0.1) is 11.2 Å². The Hall–Kier alpha value is -1.99. The first-order chi connectivity index (χ1) is 14.8. The molecule has 4 rings (SSSR count). The number of rotatable bonds is 6. The van der Waals surface area contributed by atoms with Crippen molar-refractivity contribution in [2.24, 2.45) is 0 Å². The minimum atomic E-state index is -4.38. The molecule has 1 saturated heterocycles. The van der Waals surface area contributed by atoms with E-state index in [1.54, 1.807) is 0 Å². The van der Waals surface area contributed by atoms with Gasteiger partial charge in [-0.05, 0) is 69.3 Å². The van der Waals surface area contributed by atoms with E-state index in [2.05, 4.69) is 16.4 Å². The first-order valence-corrected chi connectivity index (χ1v) is 11.1. The number of alkyl halides is 3. The lowest BCUT2D eigenvalue weighted by molar-refractivity contribution is -0.138. The Bertz CT molecular complexity index is 881. The van der Waals surface area contributed by atoms with Crippen LogP contribution in [0.15, 0.2) is 36.7 Å². The summed E-state index contributed by atoms with van der Waals surface area (Å²) in [5.74, 6) is 0. The lowest BCUT2D eigenvalue weighted by Gasteiger charge is -2.46. The van der Waals surface area contributed by atoms with Crippen molar-refractivity contribution < 1.29 is 17.9 Å². The van der Waals surface area contributed by atoms with Crippen molar-refractivity contribution in [2.75, 3.05) is 13.2 Å².